The summed E-state index contributed by atoms with van der Waals surface area (Å²) in [5, 5.41) is 5.31. The van der Waals surface area contributed by atoms with E-state index in [1.807, 2.05) is 0 Å². The minimum atomic E-state index is 0.695. The average Bonchev–Trinajstić information content (AvgIpc) is 3.17. The molecule has 2 aliphatic rings. The summed E-state index contributed by atoms with van der Waals surface area (Å²) in [5.74, 6) is 0.700. The van der Waals surface area contributed by atoms with Crippen LogP contribution in [0.4, 0.5) is 0 Å². The van der Waals surface area contributed by atoms with Crippen LogP contribution in [0.2, 0.25) is 0 Å². The standard InChI is InChI=1S/C17H22N2/c1-3-7-16-13(5-1)15(11-18-16)14-6-2-4-8-17(14)19-12-9-10-12/h1,3,5,7,11-12,14,17-19H,2,4,6,8-10H2/t14-,17+/m1/s1. The first-order valence-corrected chi connectivity index (χ1v) is 7.74. The second-order valence-corrected chi connectivity index (χ2v) is 6.23. The molecule has 2 fully saturated rings. The summed E-state index contributed by atoms with van der Waals surface area (Å²) in [4.78, 5) is 3.45. The van der Waals surface area contributed by atoms with Crippen molar-refractivity contribution >= 4 is 10.9 Å². The van der Waals surface area contributed by atoms with Crippen LogP contribution in [-0.4, -0.2) is 17.1 Å². The molecule has 0 aliphatic heterocycles. The third-order valence-electron chi connectivity index (χ3n) is 4.81. The van der Waals surface area contributed by atoms with Crippen molar-refractivity contribution in [2.75, 3.05) is 0 Å². The number of para-hydroxylation sites is 1. The zero-order valence-corrected chi connectivity index (χ0v) is 11.4. The van der Waals surface area contributed by atoms with E-state index in [-0.39, 0.29) is 0 Å². The molecule has 0 saturated heterocycles. The van der Waals surface area contributed by atoms with E-state index in [0.29, 0.717) is 12.0 Å². The molecular weight excluding hydrogens is 232 g/mol. The normalized spacial score (nSPS) is 27.8. The number of rotatable bonds is 3. The molecule has 0 amide bonds. The minimum absolute atomic E-state index is 0.695. The molecule has 1 aromatic heterocycles. The van der Waals surface area contributed by atoms with Gasteiger partial charge in [-0.15, -0.1) is 0 Å². The monoisotopic (exact) mass is 254 g/mol. The van der Waals surface area contributed by atoms with E-state index in [0.717, 1.165) is 6.04 Å². The fraction of sp³-hybridized carbons (Fsp3) is 0.529. The summed E-state index contributed by atoms with van der Waals surface area (Å²) >= 11 is 0. The van der Waals surface area contributed by atoms with Gasteiger partial charge in [0.15, 0.2) is 0 Å². The fourth-order valence-electron chi connectivity index (χ4n) is 3.66. The third-order valence-corrected chi connectivity index (χ3v) is 4.81. The molecular formula is C17H22N2. The first-order valence-electron chi connectivity index (χ1n) is 7.74. The average molecular weight is 254 g/mol. The largest absolute Gasteiger partial charge is 0.361 e. The van der Waals surface area contributed by atoms with Crippen molar-refractivity contribution in [2.45, 2.75) is 56.5 Å². The predicted octanol–water partition coefficient (Wildman–Crippen LogP) is 3.95. The lowest BCUT2D eigenvalue weighted by molar-refractivity contribution is 0.327. The lowest BCUT2D eigenvalue weighted by Gasteiger charge is -2.32. The third kappa shape index (κ3) is 2.18. The molecule has 4 rings (SSSR count). The van der Waals surface area contributed by atoms with Crippen LogP contribution in [0.3, 0.4) is 0 Å². The number of aromatic amines is 1. The van der Waals surface area contributed by atoms with Crippen LogP contribution in [0, 0.1) is 0 Å². The molecule has 0 unspecified atom stereocenters. The van der Waals surface area contributed by atoms with Gasteiger partial charge in [-0.2, -0.15) is 0 Å². The second kappa shape index (κ2) is 4.68. The highest BCUT2D eigenvalue weighted by atomic mass is 15.0. The Kier molecular flexibility index (Phi) is 2.84. The number of benzene rings is 1. The van der Waals surface area contributed by atoms with Crippen LogP contribution >= 0.6 is 0 Å². The Morgan fingerprint density at radius 3 is 2.74 bits per heavy atom. The van der Waals surface area contributed by atoms with E-state index < -0.39 is 0 Å². The topological polar surface area (TPSA) is 27.8 Å². The molecule has 1 aromatic carbocycles. The number of fused-ring (bicyclic) bond motifs is 1. The van der Waals surface area contributed by atoms with E-state index in [4.69, 9.17) is 0 Å². The summed E-state index contributed by atoms with van der Waals surface area (Å²) in [7, 11) is 0. The molecule has 0 bridgehead atoms. The van der Waals surface area contributed by atoms with Crippen LogP contribution in [0.5, 0.6) is 0 Å². The number of nitrogens with one attached hydrogen (secondary N) is 2. The van der Waals surface area contributed by atoms with E-state index >= 15 is 0 Å². The van der Waals surface area contributed by atoms with Crippen molar-refractivity contribution in [1.82, 2.24) is 10.3 Å². The first-order chi connectivity index (χ1) is 9.42. The Hall–Kier alpha value is -1.28. The fourth-order valence-corrected chi connectivity index (χ4v) is 3.66. The number of H-pyrrole nitrogens is 1. The highest BCUT2D eigenvalue weighted by Gasteiger charge is 2.32. The van der Waals surface area contributed by atoms with Gasteiger partial charge in [-0.1, -0.05) is 31.0 Å². The summed E-state index contributed by atoms with van der Waals surface area (Å²) in [6.07, 6.45) is 10.5. The van der Waals surface area contributed by atoms with Gasteiger partial charge in [-0.05, 0) is 37.3 Å². The zero-order valence-electron chi connectivity index (χ0n) is 11.4. The SMILES string of the molecule is c1ccc2c([C@H]3CCCC[C@@H]3NC3CC3)c[nH]c2c1. The van der Waals surface area contributed by atoms with Crippen LogP contribution in [0.1, 0.15) is 50.0 Å². The van der Waals surface area contributed by atoms with E-state index in [9.17, 15) is 0 Å². The first kappa shape index (κ1) is 11.5. The molecule has 19 heavy (non-hydrogen) atoms. The molecule has 2 N–H and O–H groups in total. The predicted molar refractivity (Wildman–Crippen MR) is 79.5 cm³/mol. The van der Waals surface area contributed by atoms with Crippen molar-refractivity contribution in [3.8, 4) is 0 Å². The van der Waals surface area contributed by atoms with Gasteiger partial charge in [0.05, 0.1) is 0 Å². The molecule has 2 saturated carbocycles. The lowest BCUT2D eigenvalue weighted by Crippen LogP contribution is -2.38. The minimum Gasteiger partial charge on any atom is -0.361 e. The summed E-state index contributed by atoms with van der Waals surface area (Å²) < 4.78 is 0. The molecule has 2 nitrogen and oxygen atoms in total. The Bertz CT molecular complexity index is 567. The number of aromatic nitrogens is 1. The lowest BCUT2D eigenvalue weighted by atomic mass is 9.80. The Morgan fingerprint density at radius 2 is 1.84 bits per heavy atom. The Labute approximate surface area is 114 Å². The Balaban J connectivity index is 1.67. The molecule has 2 aliphatic carbocycles. The summed E-state index contributed by atoms with van der Waals surface area (Å²) in [6.45, 7) is 0. The van der Waals surface area contributed by atoms with Gasteiger partial charge in [-0.3, -0.25) is 0 Å². The van der Waals surface area contributed by atoms with Gasteiger partial charge >= 0.3 is 0 Å². The molecule has 2 atom stereocenters. The maximum atomic E-state index is 3.88. The molecule has 2 aromatic rings. The van der Waals surface area contributed by atoms with Gasteiger partial charge in [-0.25, -0.2) is 0 Å². The van der Waals surface area contributed by atoms with Gasteiger partial charge in [0.2, 0.25) is 0 Å². The zero-order chi connectivity index (χ0) is 12.7. The molecule has 1 heterocycles. The molecule has 100 valence electrons. The van der Waals surface area contributed by atoms with Crippen LogP contribution in [-0.2, 0) is 0 Å². The van der Waals surface area contributed by atoms with Crippen molar-refractivity contribution in [3.05, 3.63) is 36.0 Å². The van der Waals surface area contributed by atoms with Crippen LogP contribution < -0.4 is 5.32 Å². The molecule has 0 radical (unpaired) electrons. The van der Waals surface area contributed by atoms with Crippen molar-refractivity contribution in [3.63, 3.8) is 0 Å². The van der Waals surface area contributed by atoms with Crippen molar-refractivity contribution in [2.24, 2.45) is 0 Å². The van der Waals surface area contributed by atoms with Crippen molar-refractivity contribution in [1.29, 1.82) is 0 Å². The quantitative estimate of drug-likeness (QED) is 0.853. The van der Waals surface area contributed by atoms with Gasteiger partial charge < -0.3 is 10.3 Å². The Morgan fingerprint density at radius 1 is 1.00 bits per heavy atom. The van der Waals surface area contributed by atoms with Gasteiger partial charge in [0.1, 0.15) is 0 Å². The number of hydrogen-bond acceptors (Lipinski definition) is 1. The van der Waals surface area contributed by atoms with E-state index in [1.54, 1.807) is 0 Å². The van der Waals surface area contributed by atoms with Crippen LogP contribution in [0.15, 0.2) is 30.5 Å². The van der Waals surface area contributed by atoms with E-state index in [1.165, 1.54) is 55.0 Å². The highest BCUT2D eigenvalue weighted by Crippen LogP contribution is 2.38. The number of hydrogen-bond donors (Lipinski definition) is 2. The van der Waals surface area contributed by atoms with Crippen molar-refractivity contribution < 1.29 is 0 Å². The van der Waals surface area contributed by atoms with Gasteiger partial charge in [0, 0.05) is 35.1 Å². The summed E-state index contributed by atoms with van der Waals surface area (Å²) in [6, 6.07) is 10.2. The maximum absolute atomic E-state index is 3.88. The second-order valence-electron chi connectivity index (χ2n) is 6.23. The van der Waals surface area contributed by atoms with Gasteiger partial charge in [0.25, 0.3) is 0 Å². The molecule has 2 heteroatoms. The maximum Gasteiger partial charge on any atom is 0.0456 e. The highest BCUT2D eigenvalue weighted by molar-refractivity contribution is 5.83. The summed E-state index contributed by atoms with van der Waals surface area (Å²) in [5.41, 5.74) is 2.82. The van der Waals surface area contributed by atoms with Crippen LogP contribution in [0.25, 0.3) is 10.9 Å². The smallest absolute Gasteiger partial charge is 0.0456 e. The molecule has 0 spiro atoms. The van der Waals surface area contributed by atoms with E-state index in [2.05, 4.69) is 40.8 Å².